The molecule has 0 saturated heterocycles. The lowest BCUT2D eigenvalue weighted by Gasteiger charge is -2.10. The summed E-state index contributed by atoms with van der Waals surface area (Å²) in [5, 5.41) is 16.6. The molecule has 1 unspecified atom stereocenters. The van der Waals surface area contributed by atoms with Crippen molar-refractivity contribution in [2.45, 2.75) is 33.3 Å². The Balaban J connectivity index is 1.86. The molecule has 0 saturated carbocycles. The Morgan fingerprint density at radius 3 is 2.80 bits per heavy atom. The second-order valence-corrected chi connectivity index (χ2v) is 5.37. The lowest BCUT2D eigenvalue weighted by atomic mass is 10.1. The smallest absolute Gasteiger partial charge is 0.264 e. The fourth-order valence-corrected chi connectivity index (χ4v) is 2.55. The van der Waals surface area contributed by atoms with Gasteiger partial charge in [-0.1, -0.05) is 4.49 Å². The number of carbonyl (C=O) groups is 1. The van der Waals surface area contributed by atoms with Gasteiger partial charge in [0, 0.05) is 12.1 Å². The molecule has 7 heteroatoms. The molecule has 2 aromatic rings. The van der Waals surface area contributed by atoms with Crippen molar-refractivity contribution in [2.75, 3.05) is 6.54 Å². The highest BCUT2D eigenvalue weighted by molar-refractivity contribution is 7.07. The van der Waals surface area contributed by atoms with E-state index in [2.05, 4.69) is 14.9 Å². The van der Waals surface area contributed by atoms with Crippen molar-refractivity contribution in [3.8, 4) is 0 Å². The van der Waals surface area contributed by atoms with Crippen molar-refractivity contribution < 1.29 is 14.3 Å². The van der Waals surface area contributed by atoms with Crippen molar-refractivity contribution in [2.24, 2.45) is 0 Å². The van der Waals surface area contributed by atoms with Crippen LogP contribution in [0.5, 0.6) is 0 Å². The Labute approximate surface area is 121 Å². The van der Waals surface area contributed by atoms with E-state index in [1.807, 2.05) is 19.9 Å². The largest absolute Gasteiger partial charge is 0.466 e. The number of amides is 1. The summed E-state index contributed by atoms with van der Waals surface area (Å²) in [6.07, 6.45) is -0.218. The summed E-state index contributed by atoms with van der Waals surface area (Å²) >= 11 is 1.07. The van der Waals surface area contributed by atoms with Gasteiger partial charge in [0.05, 0.1) is 11.8 Å². The SMILES string of the molecule is Cc1cc(C(O)CCNC(=O)c2snnc2C)c(C)o1. The molecule has 2 rings (SSSR count). The van der Waals surface area contributed by atoms with Gasteiger partial charge < -0.3 is 14.8 Å². The maximum absolute atomic E-state index is 11.8. The second-order valence-electron chi connectivity index (χ2n) is 4.62. The minimum atomic E-state index is -0.645. The topological polar surface area (TPSA) is 88.2 Å². The molecule has 0 spiro atoms. The number of hydrogen-bond acceptors (Lipinski definition) is 6. The molecular formula is C13H17N3O3S. The van der Waals surface area contributed by atoms with Crippen LogP contribution in [0.3, 0.4) is 0 Å². The van der Waals surface area contributed by atoms with Crippen molar-refractivity contribution in [1.82, 2.24) is 14.9 Å². The summed E-state index contributed by atoms with van der Waals surface area (Å²) in [6.45, 7) is 5.77. The van der Waals surface area contributed by atoms with Gasteiger partial charge in [-0.2, -0.15) is 0 Å². The van der Waals surface area contributed by atoms with Crippen LogP contribution in [0.15, 0.2) is 10.5 Å². The zero-order valence-electron chi connectivity index (χ0n) is 11.6. The van der Waals surface area contributed by atoms with Crippen LogP contribution in [-0.2, 0) is 0 Å². The van der Waals surface area contributed by atoms with Crippen LogP contribution in [-0.4, -0.2) is 27.1 Å². The maximum Gasteiger partial charge on any atom is 0.264 e. The van der Waals surface area contributed by atoms with E-state index >= 15 is 0 Å². The Hall–Kier alpha value is -1.73. The van der Waals surface area contributed by atoms with Crippen LogP contribution in [0.4, 0.5) is 0 Å². The lowest BCUT2D eigenvalue weighted by Crippen LogP contribution is -2.25. The first kappa shape index (κ1) is 14.7. The number of aromatic nitrogens is 2. The number of nitrogens with zero attached hydrogens (tertiary/aromatic N) is 2. The molecule has 2 aromatic heterocycles. The van der Waals surface area contributed by atoms with Gasteiger partial charge >= 0.3 is 0 Å². The molecule has 1 amide bonds. The number of hydrogen-bond donors (Lipinski definition) is 2. The van der Waals surface area contributed by atoms with Gasteiger partial charge in [0.2, 0.25) is 0 Å². The molecule has 0 aromatic carbocycles. The average molecular weight is 295 g/mol. The maximum atomic E-state index is 11.8. The molecule has 0 aliphatic heterocycles. The van der Waals surface area contributed by atoms with Gasteiger partial charge in [0.25, 0.3) is 5.91 Å². The molecule has 0 bridgehead atoms. The molecule has 2 heterocycles. The first-order chi connectivity index (χ1) is 9.49. The molecule has 2 N–H and O–H groups in total. The van der Waals surface area contributed by atoms with Gasteiger partial charge in [-0.3, -0.25) is 4.79 Å². The summed E-state index contributed by atoms with van der Waals surface area (Å²) in [4.78, 5) is 12.3. The van der Waals surface area contributed by atoms with E-state index in [9.17, 15) is 9.90 Å². The van der Waals surface area contributed by atoms with Crippen molar-refractivity contribution in [1.29, 1.82) is 0 Å². The van der Waals surface area contributed by atoms with Crippen molar-refractivity contribution >= 4 is 17.4 Å². The number of aryl methyl sites for hydroxylation is 3. The Kier molecular flexibility index (Phi) is 4.51. The summed E-state index contributed by atoms with van der Waals surface area (Å²) in [6, 6.07) is 1.82. The molecule has 1 atom stereocenters. The van der Waals surface area contributed by atoms with E-state index < -0.39 is 6.10 Å². The Bertz CT molecular complexity index is 606. The third-order valence-corrected chi connectivity index (χ3v) is 3.83. The van der Waals surface area contributed by atoms with E-state index in [0.29, 0.717) is 29.3 Å². The van der Waals surface area contributed by atoms with E-state index in [1.54, 1.807) is 6.92 Å². The summed E-state index contributed by atoms with van der Waals surface area (Å²) < 4.78 is 9.09. The zero-order chi connectivity index (χ0) is 14.7. The Morgan fingerprint density at radius 2 is 2.25 bits per heavy atom. The molecule has 0 radical (unpaired) electrons. The van der Waals surface area contributed by atoms with E-state index in [0.717, 1.165) is 22.9 Å². The standard InChI is InChI=1S/C13H17N3O3S/c1-7-6-10(9(3)19-7)11(17)4-5-14-13(18)12-8(2)15-16-20-12/h6,11,17H,4-5H2,1-3H3,(H,14,18). The van der Waals surface area contributed by atoms with Gasteiger partial charge in [-0.25, -0.2) is 0 Å². The molecule has 6 nitrogen and oxygen atoms in total. The number of carbonyl (C=O) groups excluding carboxylic acids is 1. The van der Waals surface area contributed by atoms with Crippen molar-refractivity contribution in [3.05, 3.63) is 33.7 Å². The van der Waals surface area contributed by atoms with E-state index in [-0.39, 0.29) is 5.91 Å². The minimum Gasteiger partial charge on any atom is -0.466 e. The second kappa shape index (κ2) is 6.15. The van der Waals surface area contributed by atoms with Crippen LogP contribution >= 0.6 is 11.5 Å². The quantitative estimate of drug-likeness (QED) is 0.879. The summed E-state index contributed by atoms with van der Waals surface area (Å²) in [5.41, 5.74) is 1.39. The lowest BCUT2D eigenvalue weighted by molar-refractivity contribution is 0.0945. The van der Waals surface area contributed by atoms with E-state index in [4.69, 9.17) is 4.42 Å². The van der Waals surface area contributed by atoms with Gasteiger partial charge in [0.1, 0.15) is 16.4 Å². The van der Waals surface area contributed by atoms with Crippen LogP contribution in [0.2, 0.25) is 0 Å². The third-order valence-electron chi connectivity index (χ3n) is 3.00. The number of aliphatic hydroxyl groups is 1. The van der Waals surface area contributed by atoms with Crippen LogP contribution in [0.25, 0.3) is 0 Å². The molecular weight excluding hydrogens is 278 g/mol. The van der Waals surface area contributed by atoms with Crippen LogP contribution in [0.1, 0.15) is 45.0 Å². The Morgan fingerprint density at radius 1 is 1.50 bits per heavy atom. The highest BCUT2D eigenvalue weighted by atomic mass is 32.1. The van der Waals surface area contributed by atoms with E-state index in [1.165, 1.54) is 0 Å². The molecule has 20 heavy (non-hydrogen) atoms. The predicted molar refractivity (Wildman–Crippen MR) is 74.7 cm³/mol. The first-order valence-electron chi connectivity index (χ1n) is 6.31. The zero-order valence-corrected chi connectivity index (χ0v) is 12.5. The minimum absolute atomic E-state index is 0.204. The number of aliphatic hydroxyl groups excluding tert-OH is 1. The third kappa shape index (κ3) is 3.23. The highest BCUT2D eigenvalue weighted by Gasteiger charge is 2.16. The monoisotopic (exact) mass is 295 g/mol. The number of rotatable bonds is 5. The summed E-state index contributed by atoms with van der Waals surface area (Å²) in [5.74, 6) is 1.28. The average Bonchev–Trinajstić information content (AvgIpc) is 2.95. The van der Waals surface area contributed by atoms with Crippen LogP contribution < -0.4 is 5.32 Å². The molecule has 0 aliphatic rings. The van der Waals surface area contributed by atoms with Crippen molar-refractivity contribution in [3.63, 3.8) is 0 Å². The number of nitrogens with one attached hydrogen (secondary N) is 1. The highest BCUT2D eigenvalue weighted by Crippen LogP contribution is 2.23. The van der Waals surface area contributed by atoms with Gasteiger partial charge in [-0.05, 0) is 44.8 Å². The summed E-state index contributed by atoms with van der Waals surface area (Å²) in [7, 11) is 0. The molecule has 0 fully saturated rings. The van der Waals surface area contributed by atoms with Gasteiger partial charge in [0.15, 0.2) is 0 Å². The van der Waals surface area contributed by atoms with Crippen LogP contribution in [0, 0.1) is 20.8 Å². The predicted octanol–water partition coefficient (Wildman–Crippen LogP) is 1.91. The molecule has 108 valence electrons. The molecule has 0 aliphatic carbocycles. The fourth-order valence-electron chi connectivity index (χ4n) is 1.98. The number of furan rings is 1. The first-order valence-corrected chi connectivity index (χ1v) is 7.08. The normalized spacial score (nSPS) is 12.4. The van der Waals surface area contributed by atoms with Gasteiger partial charge in [-0.15, -0.1) is 5.10 Å². The fraction of sp³-hybridized carbons (Fsp3) is 0.462.